The molecule has 0 atom stereocenters. The topological polar surface area (TPSA) is 50.4 Å². The zero-order valence-electron chi connectivity index (χ0n) is 14.1. The van der Waals surface area contributed by atoms with E-state index in [1.54, 1.807) is 0 Å². The predicted molar refractivity (Wildman–Crippen MR) is 95.2 cm³/mol. The molecule has 0 saturated carbocycles. The molecule has 4 heteroatoms. The number of aryl methyl sites for hydroxylation is 2. The Balaban J connectivity index is 1.91. The van der Waals surface area contributed by atoms with Crippen LogP contribution in [0.15, 0.2) is 42.5 Å². The van der Waals surface area contributed by atoms with Gasteiger partial charge < -0.3 is 15.4 Å². The minimum absolute atomic E-state index is 0.0785. The molecule has 2 N–H and O–H groups in total. The Labute approximate surface area is 137 Å². The van der Waals surface area contributed by atoms with Gasteiger partial charge in [0.15, 0.2) is 0 Å². The molecule has 0 fully saturated rings. The molecule has 0 bridgehead atoms. The van der Waals surface area contributed by atoms with Crippen LogP contribution in [0.2, 0.25) is 0 Å². The van der Waals surface area contributed by atoms with Crippen molar-refractivity contribution in [3.8, 4) is 5.75 Å². The highest BCUT2D eigenvalue weighted by Crippen LogP contribution is 2.18. The summed E-state index contributed by atoms with van der Waals surface area (Å²) in [5.41, 5.74) is 3.95. The van der Waals surface area contributed by atoms with Gasteiger partial charge >= 0.3 is 0 Å². The SMILES string of the molecule is Cc1cc(C)cc(NC(=O)CNc2cccc(OC(C)C)c2)c1. The van der Waals surface area contributed by atoms with Crippen LogP contribution in [-0.2, 0) is 4.79 Å². The summed E-state index contributed by atoms with van der Waals surface area (Å²) in [5, 5.41) is 6.02. The first-order valence-electron chi connectivity index (χ1n) is 7.81. The van der Waals surface area contributed by atoms with Crippen molar-refractivity contribution in [1.29, 1.82) is 0 Å². The van der Waals surface area contributed by atoms with Crippen molar-refractivity contribution in [2.24, 2.45) is 0 Å². The number of ether oxygens (including phenoxy) is 1. The molecule has 2 aromatic rings. The van der Waals surface area contributed by atoms with Crippen LogP contribution >= 0.6 is 0 Å². The summed E-state index contributed by atoms with van der Waals surface area (Å²) < 4.78 is 5.64. The van der Waals surface area contributed by atoms with Gasteiger partial charge in [-0.3, -0.25) is 4.79 Å². The Morgan fingerprint density at radius 2 is 1.74 bits per heavy atom. The van der Waals surface area contributed by atoms with Crippen LogP contribution in [0.3, 0.4) is 0 Å². The maximum absolute atomic E-state index is 12.1. The van der Waals surface area contributed by atoms with Gasteiger partial charge in [0.2, 0.25) is 5.91 Å². The minimum atomic E-state index is -0.0785. The average Bonchev–Trinajstić information content (AvgIpc) is 2.43. The summed E-state index contributed by atoms with van der Waals surface area (Å²) in [7, 11) is 0. The molecule has 122 valence electrons. The molecule has 0 saturated heterocycles. The molecule has 0 unspecified atom stereocenters. The van der Waals surface area contributed by atoms with Crippen LogP contribution < -0.4 is 15.4 Å². The second kappa shape index (κ2) is 7.68. The van der Waals surface area contributed by atoms with E-state index in [1.807, 2.05) is 64.1 Å². The number of carbonyl (C=O) groups excluding carboxylic acids is 1. The Kier molecular flexibility index (Phi) is 5.63. The lowest BCUT2D eigenvalue weighted by Crippen LogP contribution is -2.21. The number of benzene rings is 2. The standard InChI is InChI=1S/C19H24N2O2/c1-13(2)23-18-7-5-6-16(11-18)20-12-19(22)21-17-9-14(3)8-15(4)10-17/h5-11,13,20H,12H2,1-4H3,(H,21,22). The van der Waals surface area contributed by atoms with Crippen LogP contribution in [0.25, 0.3) is 0 Å². The van der Waals surface area contributed by atoms with E-state index >= 15 is 0 Å². The number of anilines is 2. The molecular formula is C19H24N2O2. The monoisotopic (exact) mass is 312 g/mol. The quantitative estimate of drug-likeness (QED) is 0.843. The molecule has 4 nitrogen and oxygen atoms in total. The third-order valence-corrected chi connectivity index (χ3v) is 3.16. The average molecular weight is 312 g/mol. The van der Waals surface area contributed by atoms with Crippen molar-refractivity contribution >= 4 is 17.3 Å². The van der Waals surface area contributed by atoms with E-state index in [1.165, 1.54) is 0 Å². The van der Waals surface area contributed by atoms with Crippen LogP contribution in [-0.4, -0.2) is 18.6 Å². The molecule has 2 aromatic carbocycles. The van der Waals surface area contributed by atoms with Gasteiger partial charge in [0, 0.05) is 17.4 Å². The first-order valence-corrected chi connectivity index (χ1v) is 7.81. The van der Waals surface area contributed by atoms with Crippen LogP contribution in [0.5, 0.6) is 5.75 Å². The number of hydrogen-bond donors (Lipinski definition) is 2. The van der Waals surface area contributed by atoms with Crippen molar-refractivity contribution in [3.05, 3.63) is 53.6 Å². The number of nitrogens with one attached hydrogen (secondary N) is 2. The van der Waals surface area contributed by atoms with E-state index in [0.717, 1.165) is 28.3 Å². The Morgan fingerprint density at radius 1 is 1.04 bits per heavy atom. The lowest BCUT2D eigenvalue weighted by Gasteiger charge is -2.12. The van der Waals surface area contributed by atoms with E-state index in [2.05, 4.69) is 16.7 Å². The van der Waals surface area contributed by atoms with Crippen molar-refractivity contribution < 1.29 is 9.53 Å². The van der Waals surface area contributed by atoms with Gasteiger partial charge in [0.05, 0.1) is 12.6 Å². The number of hydrogen-bond acceptors (Lipinski definition) is 3. The fraction of sp³-hybridized carbons (Fsp3) is 0.316. The second-order valence-electron chi connectivity index (χ2n) is 5.97. The summed E-state index contributed by atoms with van der Waals surface area (Å²) in [5.74, 6) is 0.713. The van der Waals surface area contributed by atoms with E-state index < -0.39 is 0 Å². The van der Waals surface area contributed by atoms with Crippen molar-refractivity contribution in [3.63, 3.8) is 0 Å². The highest BCUT2D eigenvalue weighted by atomic mass is 16.5. The predicted octanol–water partition coefficient (Wildman–Crippen LogP) is 4.14. The minimum Gasteiger partial charge on any atom is -0.491 e. The van der Waals surface area contributed by atoms with Gasteiger partial charge in [-0.25, -0.2) is 0 Å². The fourth-order valence-electron chi connectivity index (χ4n) is 2.39. The van der Waals surface area contributed by atoms with Crippen molar-refractivity contribution in [1.82, 2.24) is 0 Å². The van der Waals surface area contributed by atoms with Crippen molar-refractivity contribution in [2.45, 2.75) is 33.8 Å². The lowest BCUT2D eigenvalue weighted by molar-refractivity contribution is -0.114. The lowest BCUT2D eigenvalue weighted by atomic mass is 10.1. The zero-order valence-corrected chi connectivity index (χ0v) is 14.1. The van der Waals surface area contributed by atoms with Crippen LogP contribution in [0.4, 0.5) is 11.4 Å². The first kappa shape index (κ1) is 16.9. The van der Waals surface area contributed by atoms with Crippen molar-refractivity contribution in [2.75, 3.05) is 17.2 Å². The number of carbonyl (C=O) groups is 1. The highest BCUT2D eigenvalue weighted by molar-refractivity contribution is 5.93. The summed E-state index contributed by atoms with van der Waals surface area (Å²) in [4.78, 5) is 12.1. The summed E-state index contributed by atoms with van der Waals surface area (Å²) in [6, 6.07) is 13.6. The highest BCUT2D eigenvalue weighted by Gasteiger charge is 2.04. The maximum atomic E-state index is 12.1. The van der Waals surface area contributed by atoms with E-state index in [9.17, 15) is 4.79 Å². The summed E-state index contributed by atoms with van der Waals surface area (Å²) in [6.07, 6.45) is 0.123. The fourth-order valence-corrected chi connectivity index (χ4v) is 2.39. The molecule has 0 radical (unpaired) electrons. The normalized spacial score (nSPS) is 10.5. The first-order chi connectivity index (χ1) is 10.9. The van der Waals surface area contributed by atoms with Gasteiger partial charge in [-0.2, -0.15) is 0 Å². The molecule has 0 aliphatic heterocycles. The molecule has 0 spiro atoms. The van der Waals surface area contributed by atoms with E-state index in [-0.39, 0.29) is 18.6 Å². The van der Waals surface area contributed by atoms with Gasteiger partial charge in [0.1, 0.15) is 5.75 Å². The zero-order chi connectivity index (χ0) is 16.8. The van der Waals surface area contributed by atoms with Gasteiger partial charge in [-0.1, -0.05) is 12.1 Å². The molecule has 0 aliphatic rings. The maximum Gasteiger partial charge on any atom is 0.243 e. The van der Waals surface area contributed by atoms with Gasteiger partial charge in [-0.05, 0) is 63.1 Å². The third kappa shape index (κ3) is 5.66. The molecule has 23 heavy (non-hydrogen) atoms. The molecule has 0 aromatic heterocycles. The molecular weight excluding hydrogens is 288 g/mol. The molecule has 0 aliphatic carbocycles. The second-order valence-corrected chi connectivity index (χ2v) is 5.97. The Bertz CT molecular complexity index is 661. The number of rotatable bonds is 6. The van der Waals surface area contributed by atoms with E-state index in [4.69, 9.17) is 4.74 Å². The molecule has 1 amide bonds. The summed E-state index contributed by atoms with van der Waals surface area (Å²) in [6.45, 7) is 8.20. The summed E-state index contributed by atoms with van der Waals surface area (Å²) >= 11 is 0. The van der Waals surface area contributed by atoms with Crippen LogP contribution in [0, 0.1) is 13.8 Å². The van der Waals surface area contributed by atoms with E-state index in [0.29, 0.717) is 0 Å². The smallest absolute Gasteiger partial charge is 0.243 e. The van der Waals surface area contributed by atoms with Gasteiger partial charge in [0.25, 0.3) is 0 Å². The van der Waals surface area contributed by atoms with Gasteiger partial charge in [-0.15, -0.1) is 0 Å². The largest absolute Gasteiger partial charge is 0.491 e. The van der Waals surface area contributed by atoms with Crippen LogP contribution in [0.1, 0.15) is 25.0 Å². The molecule has 0 heterocycles. The Morgan fingerprint density at radius 3 is 2.39 bits per heavy atom. The Hall–Kier alpha value is -2.49. The third-order valence-electron chi connectivity index (χ3n) is 3.16. The number of amides is 1. The molecule has 2 rings (SSSR count).